The molecule has 1 atom stereocenters. The van der Waals surface area contributed by atoms with Crippen molar-refractivity contribution in [3.63, 3.8) is 0 Å². The highest BCUT2D eigenvalue weighted by Gasteiger charge is 2.17. The molecule has 1 amide bonds. The number of ketones is 1. The van der Waals surface area contributed by atoms with Crippen LogP contribution in [0.4, 0.5) is 5.69 Å². The maximum Gasteiger partial charge on any atom is 0.331 e. The summed E-state index contributed by atoms with van der Waals surface area (Å²) in [7, 11) is 4.48. The highest BCUT2D eigenvalue weighted by atomic mass is 16.5. The summed E-state index contributed by atoms with van der Waals surface area (Å²) in [5.41, 5.74) is 1.52. The molecule has 2 aromatic rings. The second kappa shape index (κ2) is 10.8. The third-order valence-electron chi connectivity index (χ3n) is 4.30. The lowest BCUT2D eigenvalue weighted by atomic mass is 10.1. The summed E-state index contributed by atoms with van der Waals surface area (Å²) < 4.78 is 21.0. The minimum Gasteiger partial charge on any atom is -0.493 e. The maximum absolute atomic E-state index is 12.3. The molecule has 0 heterocycles. The fourth-order valence-corrected chi connectivity index (χ4v) is 2.69. The molecular weight excluding hydrogens is 402 g/mol. The van der Waals surface area contributed by atoms with Crippen LogP contribution in [-0.2, 0) is 14.3 Å². The van der Waals surface area contributed by atoms with Gasteiger partial charge in [-0.05, 0) is 49.8 Å². The van der Waals surface area contributed by atoms with Crippen LogP contribution in [0.25, 0.3) is 6.08 Å². The number of ether oxygens (including phenoxy) is 4. The van der Waals surface area contributed by atoms with Gasteiger partial charge in [-0.15, -0.1) is 0 Å². The van der Waals surface area contributed by atoms with Crippen molar-refractivity contribution in [2.45, 2.75) is 20.0 Å². The fraction of sp³-hybridized carbons (Fsp3) is 0.261. The lowest BCUT2D eigenvalue weighted by Gasteiger charge is -2.13. The molecule has 0 spiro atoms. The lowest BCUT2D eigenvalue weighted by molar-refractivity contribution is -0.148. The molecule has 0 bridgehead atoms. The molecule has 0 saturated heterocycles. The van der Waals surface area contributed by atoms with Crippen LogP contribution < -0.4 is 19.5 Å². The van der Waals surface area contributed by atoms with Crippen molar-refractivity contribution in [3.05, 3.63) is 53.6 Å². The number of rotatable bonds is 9. The van der Waals surface area contributed by atoms with Crippen molar-refractivity contribution in [3.8, 4) is 17.2 Å². The predicted molar refractivity (Wildman–Crippen MR) is 116 cm³/mol. The van der Waals surface area contributed by atoms with E-state index in [1.54, 1.807) is 36.4 Å². The second-order valence-corrected chi connectivity index (χ2v) is 6.50. The third-order valence-corrected chi connectivity index (χ3v) is 4.30. The summed E-state index contributed by atoms with van der Waals surface area (Å²) in [6.45, 7) is 2.89. The number of carbonyl (C=O) groups is 3. The number of esters is 1. The van der Waals surface area contributed by atoms with Gasteiger partial charge in [0, 0.05) is 17.3 Å². The highest BCUT2D eigenvalue weighted by Crippen LogP contribution is 2.38. The summed E-state index contributed by atoms with van der Waals surface area (Å²) in [4.78, 5) is 35.9. The smallest absolute Gasteiger partial charge is 0.331 e. The van der Waals surface area contributed by atoms with E-state index in [0.29, 0.717) is 34.1 Å². The minimum atomic E-state index is -1.04. The van der Waals surface area contributed by atoms with Crippen LogP contribution >= 0.6 is 0 Å². The van der Waals surface area contributed by atoms with E-state index in [1.807, 2.05) is 0 Å². The molecule has 0 fully saturated rings. The van der Waals surface area contributed by atoms with Crippen LogP contribution in [0.15, 0.2) is 42.5 Å². The highest BCUT2D eigenvalue weighted by molar-refractivity contribution is 5.99. The number of methoxy groups -OCH3 is 3. The molecule has 0 radical (unpaired) electrons. The van der Waals surface area contributed by atoms with Gasteiger partial charge in [-0.3, -0.25) is 9.59 Å². The van der Waals surface area contributed by atoms with Gasteiger partial charge in [0.15, 0.2) is 23.4 Å². The summed E-state index contributed by atoms with van der Waals surface area (Å²) in [6, 6.07) is 9.84. The van der Waals surface area contributed by atoms with Crippen molar-refractivity contribution in [2.75, 3.05) is 26.6 Å². The summed E-state index contributed by atoms with van der Waals surface area (Å²) in [6.07, 6.45) is 1.66. The molecule has 164 valence electrons. The van der Waals surface area contributed by atoms with E-state index in [-0.39, 0.29) is 5.78 Å². The number of hydrogen-bond donors (Lipinski definition) is 1. The predicted octanol–water partition coefficient (Wildman–Crippen LogP) is 3.50. The molecule has 0 aromatic heterocycles. The molecule has 0 aliphatic carbocycles. The first-order valence-electron chi connectivity index (χ1n) is 9.39. The van der Waals surface area contributed by atoms with E-state index in [4.69, 9.17) is 18.9 Å². The number of hydrogen-bond acceptors (Lipinski definition) is 7. The average molecular weight is 427 g/mol. The maximum atomic E-state index is 12.3. The molecular formula is C23H25NO7. The van der Waals surface area contributed by atoms with Gasteiger partial charge < -0.3 is 24.3 Å². The quantitative estimate of drug-likeness (QED) is 0.371. The Balaban J connectivity index is 2.03. The first-order valence-corrected chi connectivity index (χ1v) is 9.39. The van der Waals surface area contributed by atoms with E-state index >= 15 is 0 Å². The Labute approximate surface area is 180 Å². The van der Waals surface area contributed by atoms with Crippen LogP contribution in [0.5, 0.6) is 17.2 Å². The van der Waals surface area contributed by atoms with Crippen molar-refractivity contribution < 1.29 is 33.3 Å². The molecule has 8 heteroatoms. The van der Waals surface area contributed by atoms with Crippen molar-refractivity contribution in [2.24, 2.45) is 0 Å². The summed E-state index contributed by atoms with van der Waals surface area (Å²) in [5.74, 6) is -0.0219. The van der Waals surface area contributed by atoms with Crippen molar-refractivity contribution in [1.82, 2.24) is 0 Å². The molecule has 2 rings (SSSR count). The van der Waals surface area contributed by atoms with Crippen LogP contribution in [-0.4, -0.2) is 45.1 Å². The topological polar surface area (TPSA) is 100 Å². The molecule has 0 aliphatic rings. The minimum absolute atomic E-state index is 0.118. The van der Waals surface area contributed by atoms with Crippen molar-refractivity contribution >= 4 is 29.4 Å². The first-order chi connectivity index (χ1) is 14.8. The largest absolute Gasteiger partial charge is 0.493 e. The Hall–Kier alpha value is -3.81. The van der Waals surface area contributed by atoms with E-state index < -0.39 is 18.0 Å². The Kier molecular flexibility index (Phi) is 8.19. The number of amides is 1. The van der Waals surface area contributed by atoms with Crippen LogP contribution in [0.2, 0.25) is 0 Å². The SMILES string of the molecule is COc1cc(/C=C/C(=O)OC(C)C(=O)Nc2cccc(C(C)=O)c2)cc(OC)c1OC. The first kappa shape index (κ1) is 23.5. The van der Waals surface area contributed by atoms with Gasteiger partial charge in [0.1, 0.15) is 0 Å². The second-order valence-electron chi connectivity index (χ2n) is 6.50. The normalized spacial score (nSPS) is 11.5. The van der Waals surface area contributed by atoms with Gasteiger partial charge in [0.25, 0.3) is 5.91 Å². The summed E-state index contributed by atoms with van der Waals surface area (Å²) in [5, 5.41) is 2.62. The lowest BCUT2D eigenvalue weighted by Crippen LogP contribution is -2.29. The number of anilines is 1. The van der Waals surface area contributed by atoms with E-state index in [0.717, 1.165) is 0 Å². The molecule has 8 nitrogen and oxygen atoms in total. The average Bonchev–Trinajstić information content (AvgIpc) is 2.76. The van der Waals surface area contributed by atoms with Gasteiger partial charge in [0.2, 0.25) is 5.75 Å². The molecule has 0 aliphatic heterocycles. The Bertz CT molecular complexity index is 972. The van der Waals surface area contributed by atoms with Gasteiger partial charge in [-0.2, -0.15) is 0 Å². The van der Waals surface area contributed by atoms with E-state index in [1.165, 1.54) is 47.3 Å². The Morgan fingerprint density at radius 2 is 1.61 bits per heavy atom. The van der Waals surface area contributed by atoms with Crippen LogP contribution in [0, 0.1) is 0 Å². The zero-order valence-electron chi connectivity index (χ0n) is 18.1. The molecule has 2 aromatic carbocycles. The number of nitrogens with one attached hydrogen (secondary N) is 1. The monoisotopic (exact) mass is 427 g/mol. The molecule has 1 unspecified atom stereocenters. The molecule has 0 saturated carbocycles. The van der Waals surface area contributed by atoms with E-state index in [2.05, 4.69) is 5.32 Å². The third kappa shape index (κ3) is 6.33. The fourth-order valence-electron chi connectivity index (χ4n) is 2.69. The number of benzene rings is 2. The zero-order valence-corrected chi connectivity index (χ0v) is 18.1. The molecule has 1 N–H and O–H groups in total. The van der Waals surface area contributed by atoms with Crippen molar-refractivity contribution in [1.29, 1.82) is 0 Å². The van der Waals surface area contributed by atoms with Gasteiger partial charge >= 0.3 is 5.97 Å². The summed E-state index contributed by atoms with van der Waals surface area (Å²) >= 11 is 0. The zero-order chi connectivity index (χ0) is 23.0. The van der Waals surface area contributed by atoms with Crippen LogP contribution in [0.1, 0.15) is 29.8 Å². The number of Topliss-reactive ketones (excluding diaryl/α,β-unsaturated/α-hetero) is 1. The number of carbonyl (C=O) groups excluding carboxylic acids is 3. The Morgan fingerprint density at radius 3 is 2.16 bits per heavy atom. The van der Waals surface area contributed by atoms with Crippen LogP contribution in [0.3, 0.4) is 0 Å². The van der Waals surface area contributed by atoms with Gasteiger partial charge in [-0.1, -0.05) is 12.1 Å². The van der Waals surface area contributed by atoms with Gasteiger partial charge in [0.05, 0.1) is 21.3 Å². The standard InChI is InChI=1S/C23H25NO7/c1-14(25)17-7-6-8-18(13-17)24-23(27)15(2)31-21(26)10-9-16-11-19(28-3)22(30-5)20(12-16)29-4/h6-13,15H,1-5H3,(H,24,27)/b10-9+. The Morgan fingerprint density at radius 1 is 0.968 bits per heavy atom. The van der Waals surface area contributed by atoms with E-state index in [9.17, 15) is 14.4 Å². The molecule has 31 heavy (non-hydrogen) atoms. The van der Waals surface area contributed by atoms with Gasteiger partial charge in [-0.25, -0.2) is 4.79 Å².